The first-order chi connectivity index (χ1) is 2.77. The summed E-state index contributed by atoms with van der Waals surface area (Å²) in [5, 5.41) is -0.648. The van der Waals surface area contributed by atoms with Gasteiger partial charge in [0.1, 0.15) is 0 Å². The van der Waals surface area contributed by atoms with E-state index < -0.39 is 5.30 Å². The molecule has 36 valence electrons. The Balaban J connectivity index is 2.83. The molecule has 0 unspecified atom stereocenters. The van der Waals surface area contributed by atoms with Crippen LogP contribution in [-0.2, 0) is 4.74 Å². The summed E-state index contributed by atoms with van der Waals surface area (Å²) < 4.78 is 4.03. The fourth-order valence-corrected chi connectivity index (χ4v) is 0.286. The van der Waals surface area contributed by atoms with Gasteiger partial charge in [-0.2, -0.15) is 0 Å². The largest absolute Gasteiger partial charge is 0.441 e. The van der Waals surface area contributed by atoms with Gasteiger partial charge in [0.2, 0.25) is 0 Å². The number of carbonyl (C=O) groups excluding carboxylic acids is 1. The zero-order valence-corrected chi connectivity index (χ0v) is 4.50. The van der Waals surface area contributed by atoms with Crippen molar-refractivity contribution in [1.29, 1.82) is 0 Å². The number of halogens is 1. The normalized spacial score (nSPS) is 7.67. The van der Waals surface area contributed by atoms with Crippen molar-refractivity contribution in [3.63, 3.8) is 0 Å². The molecule has 0 aromatic rings. The first kappa shape index (κ1) is 6.11. The number of thiol groups is 1. The first-order valence-corrected chi connectivity index (χ1v) is 2.17. The number of carbonyl (C=O) groups is 1. The SMILES string of the molecule is O=C(S)OCCl. The van der Waals surface area contributed by atoms with Gasteiger partial charge < -0.3 is 4.74 Å². The van der Waals surface area contributed by atoms with Gasteiger partial charge in [0.15, 0.2) is 6.07 Å². The van der Waals surface area contributed by atoms with Gasteiger partial charge in [-0.25, -0.2) is 4.79 Å². The predicted octanol–water partition coefficient (Wildman–Crippen LogP) is 1.25. The van der Waals surface area contributed by atoms with Crippen LogP contribution in [0.3, 0.4) is 0 Å². The zero-order chi connectivity index (χ0) is 4.99. The second kappa shape index (κ2) is 3.31. The third-order valence-electron chi connectivity index (χ3n) is 0.178. The molecule has 0 spiro atoms. The van der Waals surface area contributed by atoms with E-state index in [0.717, 1.165) is 0 Å². The van der Waals surface area contributed by atoms with E-state index in [-0.39, 0.29) is 6.07 Å². The van der Waals surface area contributed by atoms with Crippen LogP contribution in [0, 0.1) is 0 Å². The maximum atomic E-state index is 9.60. The minimum Gasteiger partial charge on any atom is -0.441 e. The van der Waals surface area contributed by atoms with Gasteiger partial charge in [-0.1, -0.05) is 24.2 Å². The molecule has 0 aliphatic carbocycles. The maximum absolute atomic E-state index is 9.60. The smallest absolute Gasteiger partial charge is 0.365 e. The molecular formula is C2H3ClO2S. The Hall–Kier alpha value is 0.110. The highest BCUT2D eigenvalue weighted by Crippen LogP contribution is 1.85. The minimum atomic E-state index is -0.648. The lowest BCUT2D eigenvalue weighted by molar-refractivity contribution is 0.194. The molecule has 0 radical (unpaired) electrons. The molecule has 0 aliphatic heterocycles. The molecular weight excluding hydrogens is 124 g/mol. The fraction of sp³-hybridized carbons (Fsp3) is 0.500. The molecule has 0 amide bonds. The Kier molecular flexibility index (Phi) is 3.37. The van der Waals surface area contributed by atoms with E-state index in [0.29, 0.717) is 0 Å². The van der Waals surface area contributed by atoms with E-state index >= 15 is 0 Å². The average Bonchev–Trinajstić information content (AvgIpc) is 1.35. The molecule has 6 heavy (non-hydrogen) atoms. The number of hydrogen-bond donors (Lipinski definition) is 1. The highest BCUT2D eigenvalue weighted by atomic mass is 35.5. The van der Waals surface area contributed by atoms with Crippen LogP contribution in [0.5, 0.6) is 0 Å². The van der Waals surface area contributed by atoms with Crippen LogP contribution >= 0.6 is 24.2 Å². The molecule has 0 bridgehead atoms. The van der Waals surface area contributed by atoms with Crippen LogP contribution in [0.4, 0.5) is 4.79 Å². The Labute approximate surface area is 45.8 Å². The highest BCUT2D eigenvalue weighted by molar-refractivity contribution is 7.96. The maximum Gasteiger partial charge on any atom is 0.365 e. The van der Waals surface area contributed by atoms with E-state index in [1.54, 1.807) is 0 Å². The lowest BCUT2D eigenvalue weighted by Crippen LogP contribution is -1.87. The second-order valence-corrected chi connectivity index (χ2v) is 1.10. The van der Waals surface area contributed by atoms with Crippen molar-refractivity contribution >= 4 is 29.5 Å². The number of rotatable bonds is 1. The van der Waals surface area contributed by atoms with Gasteiger partial charge >= 0.3 is 5.30 Å². The summed E-state index contributed by atoms with van der Waals surface area (Å²) >= 11 is 8.14. The first-order valence-electron chi connectivity index (χ1n) is 1.19. The summed E-state index contributed by atoms with van der Waals surface area (Å²) in [7, 11) is 0. The molecule has 0 N–H and O–H groups in total. The molecule has 4 heteroatoms. The lowest BCUT2D eigenvalue weighted by atomic mass is 11.5. The topological polar surface area (TPSA) is 26.3 Å². The quantitative estimate of drug-likeness (QED) is 0.325. The van der Waals surface area contributed by atoms with Crippen LogP contribution < -0.4 is 0 Å². The van der Waals surface area contributed by atoms with Crippen LogP contribution in [0.2, 0.25) is 0 Å². The standard InChI is InChI=1S/C2H3ClO2S/c3-1-5-2(4)6/h1H2,(H,4,6). The molecule has 0 rings (SSSR count). The number of ether oxygens (including phenoxy) is 1. The third kappa shape index (κ3) is 4.11. The lowest BCUT2D eigenvalue weighted by Gasteiger charge is -1.86. The molecule has 0 heterocycles. The summed E-state index contributed by atoms with van der Waals surface area (Å²) in [6.45, 7) is 0. The van der Waals surface area contributed by atoms with E-state index in [4.69, 9.17) is 11.6 Å². The monoisotopic (exact) mass is 126 g/mol. The predicted molar refractivity (Wildman–Crippen MR) is 26.2 cm³/mol. The van der Waals surface area contributed by atoms with Crippen molar-refractivity contribution < 1.29 is 9.53 Å². The van der Waals surface area contributed by atoms with Gasteiger partial charge in [-0.05, 0) is 0 Å². The van der Waals surface area contributed by atoms with Crippen molar-refractivity contribution in [3.8, 4) is 0 Å². The van der Waals surface area contributed by atoms with Crippen LogP contribution in [0.25, 0.3) is 0 Å². The molecule has 0 fully saturated rings. The molecule has 0 saturated carbocycles. The van der Waals surface area contributed by atoms with E-state index in [9.17, 15) is 4.79 Å². The van der Waals surface area contributed by atoms with Crippen LogP contribution in [0.15, 0.2) is 0 Å². The van der Waals surface area contributed by atoms with Gasteiger partial charge in [0, 0.05) is 0 Å². The van der Waals surface area contributed by atoms with E-state index in [2.05, 4.69) is 17.4 Å². The average molecular weight is 127 g/mol. The molecule has 0 saturated heterocycles. The van der Waals surface area contributed by atoms with Gasteiger partial charge in [-0.3, -0.25) is 0 Å². The fourth-order valence-electron chi connectivity index (χ4n) is 0.0467. The van der Waals surface area contributed by atoms with Gasteiger partial charge in [0.05, 0.1) is 0 Å². The van der Waals surface area contributed by atoms with Gasteiger partial charge in [0.25, 0.3) is 0 Å². The zero-order valence-electron chi connectivity index (χ0n) is 2.85. The van der Waals surface area contributed by atoms with E-state index in [1.807, 2.05) is 0 Å². The van der Waals surface area contributed by atoms with Crippen molar-refractivity contribution in [2.45, 2.75) is 0 Å². The number of alkyl halides is 1. The summed E-state index contributed by atoms with van der Waals surface area (Å²) in [5.41, 5.74) is 0. The van der Waals surface area contributed by atoms with Crippen LogP contribution in [-0.4, -0.2) is 11.4 Å². The second-order valence-electron chi connectivity index (χ2n) is 0.519. The molecule has 0 aliphatic rings. The Bertz CT molecular complexity index is 55.5. The molecule has 0 atom stereocenters. The summed E-state index contributed by atoms with van der Waals surface area (Å²) in [6.07, 6.45) is 0. The Morgan fingerprint density at radius 1 is 2.00 bits per heavy atom. The van der Waals surface area contributed by atoms with Crippen molar-refractivity contribution in [2.75, 3.05) is 6.07 Å². The Morgan fingerprint density at radius 2 is 2.50 bits per heavy atom. The number of hydrogen-bond acceptors (Lipinski definition) is 2. The minimum absolute atomic E-state index is 0.123. The molecule has 2 nitrogen and oxygen atoms in total. The van der Waals surface area contributed by atoms with Gasteiger partial charge in [-0.15, -0.1) is 0 Å². The molecule has 0 aromatic heterocycles. The summed E-state index contributed by atoms with van der Waals surface area (Å²) in [4.78, 5) is 9.60. The summed E-state index contributed by atoms with van der Waals surface area (Å²) in [5.74, 6) is 0. The van der Waals surface area contributed by atoms with Crippen molar-refractivity contribution in [3.05, 3.63) is 0 Å². The van der Waals surface area contributed by atoms with Crippen molar-refractivity contribution in [1.82, 2.24) is 0 Å². The molecule has 0 aromatic carbocycles. The van der Waals surface area contributed by atoms with E-state index in [1.165, 1.54) is 0 Å². The van der Waals surface area contributed by atoms with Crippen molar-refractivity contribution in [2.24, 2.45) is 0 Å². The highest BCUT2D eigenvalue weighted by Gasteiger charge is 1.84. The summed E-state index contributed by atoms with van der Waals surface area (Å²) in [6, 6.07) is -0.123. The Morgan fingerprint density at radius 3 is 2.50 bits per heavy atom. The van der Waals surface area contributed by atoms with Crippen LogP contribution in [0.1, 0.15) is 0 Å². The third-order valence-corrected chi connectivity index (χ3v) is 0.416.